The number of aliphatic imine (C=N–C) groups is 1. The molecule has 6 heteroatoms. The molecule has 0 spiro atoms. The van der Waals surface area contributed by atoms with Crippen LogP contribution in [0.5, 0.6) is 0 Å². The first kappa shape index (κ1) is 21.9. The molecule has 0 amide bonds. The second-order valence-electron chi connectivity index (χ2n) is 5.91. The van der Waals surface area contributed by atoms with Crippen LogP contribution < -0.4 is 11.1 Å². The van der Waals surface area contributed by atoms with E-state index in [1.54, 1.807) is 11.3 Å². The number of nitrogens with two attached hydrogens (primary N) is 1. The zero-order valence-corrected chi connectivity index (χ0v) is 18.1. The highest BCUT2D eigenvalue weighted by Gasteiger charge is 2.03. The summed E-state index contributed by atoms with van der Waals surface area (Å²) in [5.41, 5.74) is 8.24. The number of aryl methyl sites for hydroxylation is 2. The van der Waals surface area contributed by atoms with Crippen LogP contribution in [-0.2, 0) is 19.4 Å². The minimum atomic E-state index is 0. The maximum atomic E-state index is 5.89. The molecule has 4 nitrogen and oxygen atoms in total. The van der Waals surface area contributed by atoms with Crippen molar-refractivity contribution in [1.82, 2.24) is 10.3 Å². The van der Waals surface area contributed by atoms with Gasteiger partial charge < -0.3 is 11.1 Å². The summed E-state index contributed by atoms with van der Waals surface area (Å²) in [6.07, 6.45) is 6.92. The average Bonchev–Trinajstić information content (AvgIpc) is 3.07. The Bertz CT molecular complexity index is 613. The normalized spacial score (nSPS) is 11.2. The standard InChI is InChI=1S/C19H28N4S.HI/c1-2-3-4-8-13-21-19(20)22-14-17-15-24-18(23-17)12-11-16-9-6-5-7-10-16;/h5-7,9-10,15H,2-4,8,11-14H2,1H3,(H3,20,21,22);1H. The van der Waals surface area contributed by atoms with Crippen molar-refractivity contribution in [3.63, 3.8) is 0 Å². The van der Waals surface area contributed by atoms with Crippen LogP contribution in [0.2, 0.25) is 0 Å². The van der Waals surface area contributed by atoms with Crippen molar-refractivity contribution in [1.29, 1.82) is 0 Å². The van der Waals surface area contributed by atoms with Crippen molar-refractivity contribution >= 4 is 41.3 Å². The summed E-state index contributed by atoms with van der Waals surface area (Å²) < 4.78 is 0. The Morgan fingerprint density at radius 3 is 2.72 bits per heavy atom. The Kier molecular flexibility index (Phi) is 11.5. The number of aromatic nitrogens is 1. The van der Waals surface area contributed by atoms with E-state index in [2.05, 4.69) is 51.9 Å². The van der Waals surface area contributed by atoms with E-state index in [-0.39, 0.29) is 24.0 Å². The molecule has 0 aliphatic rings. The molecule has 1 aromatic carbocycles. The van der Waals surface area contributed by atoms with Crippen molar-refractivity contribution in [2.45, 2.75) is 52.0 Å². The summed E-state index contributed by atoms with van der Waals surface area (Å²) in [5.74, 6) is 0.519. The molecule has 25 heavy (non-hydrogen) atoms. The van der Waals surface area contributed by atoms with Crippen LogP contribution in [0.3, 0.4) is 0 Å². The van der Waals surface area contributed by atoms with E-state index in [1.807, 2.05) is 6.07 Å². The number of guanidine groups is 1. The predicted molar refractivity (Wildman–Crippen MR) is 119 cm³/mol. The predicted octanol–water partition coefficient (Wildman–Crippen LogP) is 4.53. The fourth-order valence-electron chi connectivity index (χ4n) is 2.42. The summed E-state index contributed by atoms with van der Waals surface area (Å²) in [5, 5.41) is 6.41. The van der Waals surface area contributed by atoms with Gasteiger partial charge in [-0.05, 0) is 18.4 Å². The number of halogens is 1. The van der Waals surface area contributed by atoms with Gasteiger partial charge in [0, 0.05) is 18.3 Å². The summed E-state index contributed by atoms with van der Waals surface area (Å²) in [4.78, 5) is 9.02. The van der Waals surface area contributed by atoms with Crippen LogP contribution in [0.4, 0.5) is 0 Å². The molecular weight excluding hydrogens is 443 g/mol. The second-order valence-corrected chi connectivity index (χ2v) is 6.85. The molecule has 0 aliphatic carbocycles. The smallest absolute Gasteiger partial charge is 0.188 e. The lowest BCUT2D eigenvalue weighted by Gasteiger charge is -2.04. The van der Waals surface area contributed by atoms with Crippen LogP contribution in [0.1, 0.15) is 48.9 Å². The van der Waals surface area contributed by atoms with Gasteiger partial charge in [0.2, 0.25) is 0 Å². The lowest BCUT2D eigenvalue weighted by molar-refractivity contribution is 0.652. The third-order valence-corrected chi connectivity index (χ3v) is 4.77. The molecule has 0 radical (unpaired) electrons. The van der Waals surface area contributed by atoms with Gasteiger partial charge in [0.1, 0.15) is 0 Å². The van der Waals surface area contributed by atoms with Gasteiger partial charge in [-0.15, -0.1) is 35.3 Å². The lowest BCUT2D eigenvalue weighted by atomic mass is 10.1. The Morgan fingerprint density at radius 2 is 1.96 bits per heavy atom. The third-order valence-electron chi connectivity index (χ3n) is 3.82. The molecular formula is C19H29IN4S. The van der Waals surface area contributed by atoms with Crippen molar-refractivity contribution in [2.24, 2.45) is 10.7 Å². The highest BCUT2D eigenvalue weighted by Crippen LogP contribution is 2.13. The van der Waals surface area contributed by atoms with Crippen molar-refractivity contribution < 1.29 is 0 Å². The number of hydrogen-bond donors (Lipinski definition) is 2. The van der Waals surface area contributed by atoms with E-state index in [0.717, 1.165) is 36.5 Å². The van der Waals surface area contributed by atoms with Gasteiger partial charge in [-0.1, -0.05) is 56.5 Å². The quantitative estimate of drug-likeness (QED) is 0.231. The molecule has 2 rings (SSSR count). The molecule has 0 saturated carbocycles. The van der Waals surface area contributed by atoms with Crippen molar-refractivity contribution in [3.8, 4) is 0 Å². The van der Waals surface area contributed by atoms with Gasteiger partial charge in [0.15, 0.2) is 5.96 Å². The highest BCUT2D eigenvalue weighted by atomic mass is 127. The molecule has 3 N–H and O–H groups in total. The number of thiazole rings is 1. The van der Waals surface area contributed by atoms with E-state index in [9.17, 15) is 0 Å². The molecule has 1 heterocycles. The molecule has 0 unspecified atom stereocenters. The topological polar surface area (TPSA) is 63.3 Å². The van der Waals surface area contributed by atoms with Crippen molar-refractivity contribution in [2.75, 3.05) is 6.54 Å². The lowest BCUT2D eigenvalue weighted by Crippen LogP contribution is -2.32. The SMILES string of the molecule is CCCCCCNC(N)=NCc1csc(CCc2ccccc2)n1.I. The van der Waals surface area contributed by atoms with Gasteiger partial charge in [0.25, 0.3) is 0 Å². The molecule has 1 aromatic heterocycles. The maximum Gasteiger partial charge on any atom is 0.188 e. The number of hydrogen-bond acceptors (Lipinski definition) is 3. The number of rotatable bonds is 10. The van der Waals surface area contributed by atoms with E-state index in [0.29, 0.717) is 12.5 Å². The second kappa shape index (κ2) is 13.1. The van der Waals surface area contributed by atoms with E-state index < -0.39 is 0 Å². The highest BCUT2D eigenvalue weighted by molar-refractivity contribution is 14.0. The molecule has 0 fully saturated rings. The first-order valence-corrected chi connectivity index (χ1v) is 9.67. The summed E-state index contributed by atoms with van der Waals surface area (Å²) in [6.45, 7) is 3.66. The Labute approximate surface area is 172 Å². The monoisotopic (exact) mass is 472 g/mol. The van der Waals surface area contributed by atoms with Crippen LogP contribution in [-0.4, -0.2) is 17.5 Å². The zero-order chi connectivity index (χ0) is 17.0. The molecule has 2 aromatic rings. The minimum Gasteiger partial charge on any atom is -0.370 e. The van der Waals surface area contributed by atoms with Gasteiger partial charge >= 0.3 is 0 Å². The summed E-state index contributed by atoms with van der Waals surface area (Å²) in [7, 11) is 0. The van der Waals surface area contributed by atoms with Crippen LogP contribution >= 0.6 is 35.3 Å². The Balaban J connectivity index is 0.00000312. The molecule has 0 saturated heterocycles. The maximum absolute atomic E-state index is 5.89. The third kappa shape index (κ3) is 9.21. The Morgan fingerprint density at radius 1 is 1.16 bits per heavy atom. The molecule has 0 bridgehead atoms. The first-order chi connectivity index (χ1) is 11.8. The largest absolute Gasteiger partial charge is 0.370 e. The van der Waals surface area contributed by atoms with E-state index in [4.69, 9.17) is 5.73 Å². The first-order valence-electron chi connectivity index (χ1n) is 8.79. The molecule has 0 aliphatic heterocycles. The van der Waals surface area contributed by atoms with Crippen molar-refractivity contribution in [3.05, 3.63) is 52.0 Å². The zero-order valence-electron chi connectivity index (χ0n) is 14.9. The molecule has 138 valence electrons. The number of benzene rings is 1. The van der Waals surface area contributed by atoms with Gasteiger partial charge in [-0.2, -0.15) is 0 Å². The summed E-state index contributed by atoms with van der Waals surface area (Å²) >= 11 is 1.71. The fraction of sp³-hybridized carbons (Fsp3) is 0.474. The number of nitrogens with zero attached hydrogens (tertiary/aromatic N) is 2. The molecule has 0 atom stereocenters. The van der Waals surface area contributed by atoms with Crippen LogP contribution in [0, 0.1) is 0 Å². The number of unbranched alkanes of at least 4 members (excludes halogenated alkanes) is 3. The van der Waals surface area contributed by atoms with Gasteiger partial charge in [0.05, 0.1) is 17.2 Å². The van der Waals surface area contributed by atoms with Crippen LogP contribution in [0.25, 0.3) is 0 Å². The minimum absolute atomic E-state index is 0. The summed E-state index contributed by atoms with van der Waals surface area (Å²) in [6, 6.07) is 10.5. The van der Waals surface area contributed by atoms with Gasteiger partial charge in [-0.25, -0.2) is 9.98 Å². The van der Waals surface area contributed by atoms with E-state index >= 15 is 0 Å². The van der Waals surface area contributed by atoms with Crippen LogP contribution in [0.15, 0.2) is 40.7 Å². The average molecular weight is 472 g/mol. The number of nitrogens with one attached hydrogen (secondary N) is 1. The van der Waals surface area contributed by atoms with Gasteiger partial charge in [-0.3, -0.25) is 0 Å². The van der Waals surface area contributed by atoms with E-state index in [1.165, 1.54) is 24.8 Å². The Hall–Kier alpha value is -1.15. The fourth-order valence-corrected chi connectivity index (χ4v) is 3.21.